The predicted molar refractivity (Wildman–Crippen MR) is 73.0 cm³/mol. The van der Waals surface area contributed by atoms with Gasteiger partial charge < -0.3 is 10.1 Å². The summed E-state index contributed by atoms with van der Waals surface area (Å²) in [5.74, 6) is -0.540. The monoisotopic (exact) mass is 274 g/mol. The van der Waals surface area contributed by atoms with E-state index in [0.29, 0.717) is 23.1 Å². The number of benzene rings is 1. The summed E-state index contributed by atoms with van der Waals surface area (Å²) in [4.78, 5) is 16.3. The van der Waals surface area contributed by atoms with Crippen LogP contribution in [-0.4, -0.2) is 30.1 Å². The van der Waals surface area contributed by atoms with Gasteiger partial charge in [-0.05, 0) is 37.1 Å². The molecule has 2 heterocycles. The minimum atomic E-state index is -0.310. The molecule has 2 aromatic rings. The summed E-state index contributed by atoms with van der Waals surface area (Å²) < 4.78 is 18.5. The van der Waals surface area contributed by atoms with Crippen molar-refractivity contribution in [2.75, 3.05) is 13.2 Å². The third-order valence-corrected chi connectivity index (χ3v) is 3.40. The molecule has 1 saturated heterocycles. The van der Waals surface area contributed by atoms with Crippen molar-refractivity contribution in [3.8, 4) is 0 Å². The van der Waals surface area contributed by atoms with Crippen molar-refractivity contribution in [3.05, 3.63) is 41.8 Å². The smallest absolute Gasteiger partial charge is 0.269 e. The maximum Gasteiger partial charge on any atom is 0.269 e. The van der Waals surface area contributed by atoms with Crippen molar-refractivity contribution in [2.24, 2.45) is 0 Å². The Kier molecular flexibility index (Phi) is 3.60. The van der Waals surface area contributed by atoms with Gasteiger partial charge in [0, 0.05) is 18.5 Å². The quantitative estimate of drug-likeness (QED) is 0.934. The lowest BCUT2D eigenvalue weighted by Crippen LogP contribution is -2.32. The van der Waals surface area contributed by atoms with Gasteiger partial charge in [0.25, 0.3) is 5.91 Å². The molecule has 1 aliphatic heterocycles. The molecule has 0 saturated carbocycles. The van der Waals surface area contributed by atoms with E-state index in [-0.39, 0.29) is 17.8 Å². The normalized spacial score (nSPS) is 18.4. The highest BCUT2D eigenvalue weighted by Crippen LogP contribution is 2.14. The molecule has 3 rings (SSSR count). The van der Waals surface area contributed by atoms with Gasteiger partial charge >= 0.3 is 0 Å². The second-order valence-electron chi connectivity index (χ2n) is 4.88. The lowest BCUT2D eigenvalue weighted by Gasteiger charge is -2.10. The molecule has 5 heteroatoms. The summed E-state index contributed by atoms with van der Waals surface area (Å²) in [7, 11) is 0. The Morgan fingerprint density at radius 2 is 2.30 bits per heavy atom. The van der Waals surface area contributed by atoms with E-state index >= 15 is 0 Å². The number of pyridine rings is 1. The molecule has 4 nitrogen and oxygen atoms in total. The first-order valence-electron chi connectivity index (χ1n) is 6.68. The average Bonchev–Trinajstić information content (AvgIpc) is 2.97. The molecular weight excluding hydrogens is 259 g/mol. The number of hydrogen-bond donors (Lipinski definition) is 1. The summed E-state index contributed by atoms with van der Waals surface area (Å²) in [6.07, 6.45) is 2.12. The number of carbonyl (C=O) groups excluding carboxylic acids is 1. The predicted octanol–water partition coefficient (Wildman–Crippen LogP) is 2.28. The number of aromatic nitrogens is 1. The summed E-state index contributed by atoms with van der Waals surface area (Å²) in [6, 6.07) is 7.61. The largest absolute Gasteiger partial charge is 0.376 e. The van der Waals surface area contributed by atoms with Crippen LogP contribution in [0.5, 0.6) is 0 Å². The lowest BCUT2D eigenvalue weighted by atomic mass is 10.2. The number of nitrogens with one attached hydrogen (secondary N) is 1. The first-order valence-corrected chi connectivity index (χ1v) is 6.68. The van der Waals surface area contributed by atoms with Crippen LogP contribution in [-0.2, 0) is 4.74 Å². The Morgan fingerprint density at radius 1 is 1.40 bits per heavy atom. The Balaban J connectivity index is 1.72. The first-order chi connectivity index (χ1) is 9.72. The Morgan fingerprint density at radius 3 is 3.10 bits per heavy atom. The summed E-state index contributed by atoms with van der Waals surface area (Å²) in [5, 5.41) is 3.50. The van der Waals surface area contributed by atoms with Crippen LogP contribution in [0.1, 0.15) is 23.3 Å². The summed E-state index contributed by atoms with van der Waals surface area (Å²) in [5.41, 5.74) is 0.943. The van der Waals surface area contributed by atoms with E-state index < -0.39 is 0 Å². The molecular formula is C15H15FN2O2. The van der Waals surface area contributed by atoms with Gasteiger partial charge in [-0.1, -0.05) is 6.07 Å². The van der Waals surface area contributed by atoms with Crippen LogP contribution in [0.15, 0.2) is 30.3 Å². The second-order valence-corrected chi connectivity index (χ2v) is 4.88. The Bertz CT molecular complexity index is 639. The van der Waals surface area contributed by atoms with Crippen molar-refractivity contribution >= 4 is 16.8 Å². The van der Waals surface area contributed by atoms with E-state index in [1.165, 1.54) is 12.1 Å². The number of fused-ring (bicyclic) bond motifs is 1. The highest BCUT2D eigenvalue weighted by Gasteiger charge is 2.17. The maximum absolute atomic E-state index is 13.1. The van der Waals surface area contributed by atoms with Crippen molar-refractivity contribution in [1.29, 1.82) is 0 Å². The van der Waals surface area contributed by atoms with Crippen LogP contribution in [0.2, 0.25) is 0 Å². The minimum absolute atomic E-state index is 0.105. The average molecular weight is 274 g/mol. The van der Waals surface area contributed by atoms with Crippen LogP contribution in [0.3, 0.4) is 0 Å². The van der Waals surface area contributed by atoms with Gasteiger partial charge in [-0.15, -0.1) is 0 Å². The van der Waals surface area contributed by atoms with Crippen molar-refractivity contribution in [3.63, 3.8) is 0 Å². The van der Waals surface area contributed by atoms with Crippen molar-refractivity contribution in [1.82, 2.24) is 10.3 Å². The van der Waals surface area contributed by atoms with Gasteiger partial charge in [0.05, 0.1) is 11.6 Å². The van der Waals surface area contributed by atoms with Crippen molar-refractivity contribution < 1.29 is 13.9 Å². The molecule has 1 amide bonds. The van der Waals surface area contributed by atoms with Crippen LogP contribution >= 0.6 is 0 Å². The Hall–Kier alpha value is -2.01. The van der Waals surface area contributed by atoms with Gasteiger partial charge in [-0.2, -0.15) is 0 Å². The molecule has 20 heavy (non-hydrogen) atoms. The molecule has 1 unspecified atom stereocenters. The highest BCUT2D eigenvalue weighted by atomic mass is 19.1. The number of halogens is 1. The van der Waals surface area contributed by atoms with Gasteiger partial charge in [0.1, 0.15) is 11.5 Å². The molecule has 0 spiro atoms. The van der Waals surface area contributed by atoms with Gasteiger partial charge in [-0.3, -0.25) is 4.79 Å². The molecule has 104 valence electrons. The van der Waals surface area contributed by atoms with Gasteiger partial charge in [0.2, 0.25) is 0 Å². The van der Waals surface area contributed by atoms with Gasteiger partial charge in [-0.25, -0.2) is 9.37 Å². The van der Waals surface area contributed by atoms with E-state index in [2.05, 4.69) is 10.3 Å². The number of ether oxygens (including phenoxy) is 1. The van der Waals surface area contributed by atoms with Crippen LogP contribution in [0.4, 0.5) is 4.39 Å². The second kappa shape index (κ2) is 5.54. The third kappa shape index (κ3) is 2.77. The zero-order valence-electron chi connectivity index (χ0n) is 10.9. The molecule has 1 aromatic carbocycles. The maximum atomic E-state index is 13.1. The Labute approximate surface area is 116 Å². The molecule has 0 radical (unpaired) electrons. The standard InChI is InChI=1S/C15H15FN2O2/c16-11-4-6-13-10(8-11)3-5-14(18-13)15(19)17-9-12-2-1-7-20-12/h3-6,8,12H,1-2,7,9H2,(H,17,19). The van der Waals surface area contributed by atoms with Gasteiger partial charge in [0.15, 0.2) is 0 Å². The number of carbonyl (C=O) groups is 1. The number of hydrogen-bond acceptors (Lipinski definition) is 3. The summed E-state index contributed by atoms with van der Waals surface area (Å²) in [6.45, 7) is 1.27. The lowest BCUT2D eigenvalue weighted by molar-refractivity contribution is 0.0854. The van der Waals surface area contributed by atoms with E-state index in [0.717, 1.165) is 19.4 Å². The van der Waals surface area contributed by atoms with Crippen LogP contribution < -0.4 is 5.32 Å². The fourth-order valence-electron chi connectivity index (χ4n) is 2.33. The minimum Gasteiger partial charge on any atom is -0.376 e. The SMILES string of the molecule is O=C(NCC1CCCO1)c1ccc2cc(F)ccc2n1. The molecule has 0 bridgehead atoms. The zero-order valence-corrected chi connectivity index (χ0v) is 10.9. The molecule has 1 aromatic heterocycles. The fraction of sp³-hybridized carbons (Fsp3) is 0.333. The molecule has 1 N–H and O–H groups in total. The number of nitrogens with zero attached hydrogens (tertiary/aromatic N) is 1. The van der Waals surface area contributed by atoms with E-state index in [1.54, 1.807) is 18.2 Å². The molecule has 1 fully saturated rings. The third-order valence-electron chi connectivity index (χ3n) is 3.40. The fourth-order valence-corrected chi connectivity index (χ4v) is 2.33. The molecule has 1 aliphatic rings. The van der Waals surface area contributed by atoms with Crippen molar-refractivity contribution in [2.45, 2.75) is 18.9 Å². The van der Waals surface area contributed by atoms with E-state index in [9.17, 15) is 9.18 Å². The topological polar surface area (TPSA) is 51.2 Å². The number of rotatable bonds is 3. The van der Waals surface area contributed by atoms with Crippen LogP contribution in [0.25, 0.3) is 10.9 Å². The van der Waals surface area contributed by atoms with E-state index in [4.69, 9.17) is 4.74 Å². The first kappa shape index (κ1) is 13.0. The summed E-state index contributed by atoms with van der Waals surface area (Å²) >= 11 is 0. The van der Waals surface area contributed by atoms with Crippen LogP contribution in [0, 0.1) is 5.82 Å². The highest BCUT2D eigenvalue weighted by molar-refractivity contribution is 5.94. The molecule has 1 atom stereocenters. The molecule has 0 aliphatic carbocycles. The van der Waals surface area contributed by atoms with E-state index in [1.807, 2.05) is 0 Å². The number of amides is 1. The zero-order chi connectivity index (χ0) is 13.9.